The molecule has 0 saturated carbocycles. The number of amides is 3. The minimum Gasteiger partial charge on any atom is -0.395 e. The standard InChI is InChI=1S/C27H31N5O4/c1-4-32(5-2)21-9-10-23(22(17-21)24-16-18(25(28)34)11-12-29-24)30-26(35)19-7-6-8-20(15-19)27(36)31(3)13-14-33/h6-12,15-17,33H,4-5,13-14H2,1-3H3,(H2,28,34)(H,30,35). The molecule has 0 fully saturated rings. The number of nitrogens with zero attached hydrogens (tertiary/aromatic N) is 3. The summed E-state index contributed by atoms with van der Waals surface area (Å²) in [4.78, 5) is 45.5. The van der Waals surface area contributed by atoms with Crippen molar-refractivity contribution in [2.24, 2.45) is 5.73 Å². The minimum absolute atomic E-state index is 0.153. The molecule has 36 heavy (non-hydrogen) atoms. The Morgan fingerprint density at radius 1 is 0.972 bits per heavy atom. The Labute approximate surface area is 210 Å². The van der Waals surface area contributed by atoms with Crippen molar-refractivity contribution in [3.8, 4) is 11.3 Å². The van der Waals surface area contributed by atoms with Gasteiger partial charge in [0.1, 0.15) is 0 Å². The molecule has 0 saturated heterocycles. The van der Waals surface area contributed by atoms with Crippen molar-refractivity contribution < 1.29 is 19.5 Å². The van der Waals surface area contributed by atoms with Gasteiger partial charge in [-0.2, -0.15) is 0 Å². The topological polar surface area (TPSA) is 129 Å². The molecule has 0 radical (unpaired) electrons. The van der Waals surface area contributed by atoms with E-state index in [2.05, 4.69) is 29.0 Å². The van der Waals surface area contributed by atoms with Crippen LogP contribution < -0.4 is 16.0 Å². The number of nitrogens with two attached hydrogens (primary N) is 1. The Hall–Kier alpha value is -4.24. The highest BCUT2D eigenvalue weighted by Crippen LogP contribution is 2.32. The van der Waals surface area contributed by atoms with Gasteiger partial charge >= 0.3 is 0 Å². The van der Waals surface area contributed by atoms with Gasteiger partial charge in [-0.05, 0) is 62.4 Å². The lowest BCUT2D eigenvalue weighted by Gasteiger charge is -2.23. The van der Waals surface area contributed by atoms with Crippen molar-refractivity contribution in [2.45, 2.75) is 13.8 Å². The monoisotopic (exact) mass is 489 g/mol. The van der Waals surface area contributed by atoms with E-state index in [1.54, 1.807) is 37.4 Å². The smallest absolute Gasteiger partial charge is 0.255 e. The van der Waals surface area contributed by atoms with Crippen LogP contribution in [0, 0.1) is 0 Å². The fourth-order valence-corrected chi connectivity index (χ4v) is 3.83. The second-order valence-corrected chi connectivity index (χ2v) is 8.18. The largest absolute Gasteiger partial charge is 0.395 e. The Morgan fingerprint density at radius 3 is 2.36 bits per heavy atom. The van der Waals surface area contributed by atoms with E-state index in [9.17, 15) is 14.4 Å². The maximum atomic E-state index is 13.2. The lowest BCUT2D eigenvalue weighted by Crippen LogP contribution is -2.29. The van der Waals surface area contributed by atoms with Crippen LogP contribution in [0.3, 0.4) is 0 Å². The van der Waals surface area contributed by atoms with Crippen molar-refractivity contribution >= 4 is 29.1 Å². The van der Waals surface area contributed by atoms with E-state index in [4.69, 9.17) is 10.8 Å². The lowest BCUT2D eigenvalue weighted by molar-refractivity contribution is 0.0766. The van der Waals surface area contributed by atoms with E-state index < -0.39 is 11.8 Å². The highest BCUT2D eigenvalue weighted by Gasteiger charge is 2.17. The summed E-state index contributed by atoms with van der Waals surface area (Å²) < 4.78 is 0. The van der Waals surface area contributed by atoms with E-state index in [0.29, 0.717) is 33.6 Å². The molecule has 0 bridgehead atoms. The van der Waals surface area contributed by atoms with Gasteiger partial charge in [0.25, 0.3) is 11.8 Å². The molecule has 3 amide bonds. The van der Waals surface area contributed by atoms with Gasteiger partial charge in [-0.15, -0.1) is 0 Å². The number of likely N-dealkylation sites (N-methyl/N-ethyl adjacent to an activating group) is 1. The van der Waals surface area contributed by atoms with Gasteiger partial charge in [0.15, 0.2) is 0 Å². The summed E-state index contributed by atoms with van der Waals surface area (Å²) in [5, 5.41) is 12.0. The third-order valence-corrected chi connectivity index (χ3v) is 5.85. The van der Waals surface area contributed by atoms with Crippen LogP contribution >= 0.6 is 0 Å². The highest BCUT2D eigenvalue weighted by atomic mass is 16.3. The molecule has 0 aliphatic carbocycles. The van der Waals surface area contributed by atoms with Crippen molar-refractivity contribution in [3.63, 3.8) is 0 Å². The summed E-state index contributed by atoms with van der Waals surface area (Å²) in [6.45, 7) is 5.73. The summed E-state index contributed by atoms with van der Waals surface area (Å²) in [7, 11) is 1.59. The molecular weight excluding hydrogens is 458 g/mol. The number of aliphatic hydroxyl groups is 1. The van der Waals surface area contributed by atoms with Crippen molar-refractivity contribution in [1.82, 2.24) is 9.88 Å². The van der Waals surface area contributed by atoms with Crippen LogP contribution in [0.2, 0.25) is 0 Å². The summed E-state index contributed by atoms with van der Waals surface area (Å²) in [5.41, 5.74) is 8.98. The predicted molar refractivity (Wildman–Crippen MR) is 140 cm³/mol. The van der Waals surface area contributed by atoms with E-state index in [-0.39, 0.29) is 19.1 Å². The van der Waals surface area contributed by atoms with Crippen LogP contribution in [-0.4, -0.2) is 66.0 Å². The first-order valence-corrected chi connectivity index (χ1v) is 11.7. The molecule has 9 heteroatoms. The van der Waals surface area contributed by atoms with E-state index >= 15 is 0 Å². The number of pyridine rings is 1. The number of aliphatic hydroxyl groups excluding tert-OH is 1. The number of carbonyl (C=O) groups excluding carboxylic acids is 3. The number of hydrogen-bond donors (Lipinski definition) is 3. The summed E-state index contributed by atoms with van der Waals surface area (Å²) in [5.74, 6) is -1.27. The fourth-order valence-electron chi connectivity index (χ4n) is 3.83. The van der Waals surface area contributed by atoms with Crippen LogP contribution in [0.1, 0.15) is 44.9 Å². The number of anilines is 2. The molecule has 0 aliphatic rings. The Bertz CT molecular complexity index is 1260. The Balaban J connectivity index is 1.99. The zero-order chi connectivity index (χ0) is 26.2. The average molecular weight is 490 g/mol. The molecule has 1 aromatic heterocycles. The number of nitrogens with one attached hydrogen (secondary N) is 1. The van der Waals surface area contributed by atoms with Gasteiger partial charge in [-0.3, -0.25) is 19.4 Å². The lowest BCUT2D eigenvalue weighted by atomic mass is 10.0. The molecule has 0 unspecified atom stereocenters. The van der Waals surface area contributed by atoms with Gasteiger partial charge in [0, 0.05) is 60.8 Å². The van der Waals surface area contributed by atoms with E-state index in [1.807, 2.05) is 12.1 Å². The number of primary amides is 1. The van der Waals surface area contributed by atoms with Crippen LogP contribution in [0.25, 0.3) is 11.3 Å². The molecule has 3 rings (SSSR count). The summed E-state index contributed by atoms with van der Waals surface area (Å²) >= 11 is 0. The van der Waals surface area contributed by atoms with Crippen LogP contribution in [-0.2, 0) is 0 Å². The number of rotatable bonds is 10. The third kappa shape index (κ3) is 6.05. The normalized spacial score (nSPS) is 10.6. The van der Waals surface area contributed by atoms with Crippen LogP contribution in [0.15, 0.2) is 60.8 Å². The van der Waals surface area contributed by atoms with Crippen molar-refractivity contribution in [1.29, 1.82) is 0 Å². The van der Waals surface area contributed by atoms with Gasteiger partial charge in [0.2, 0.25) is 5.91 Å². The summed E-state index contributed by atoms with van der Waals surface area (Å²) in [6.07, 6.45) is 1.50. The SMILES string of the molecule is CCN(CC)c1ccc(NC(=O)c2cccc(C(=O)N(C)CCO)c2)c(-c2cc(C(N)=O)ccn2)c1. The molecule has 2 aromatic carbocycles. The van der Waals surface area contributed by atoms with Gasteiger partial charge < -0.3 is 26.0 Å². The van der Waals surface area contributed by atoms with Gasteiger partial charge in [-0.25, -0.2) is 0 Å². The number of benzene rings is 2. The third-order valence-electron chi connectivity index (χ3n) is 5.85. The molecule has 0 spiro atoms. The van der Waals surface area contributed by atoms with Crippen molar-refractivity contribution in [2.75, 3.05) is 43.5 Å². The quantitative estimate of drug-likeness (QED) is 0.402. The second-order valence-electron chi connectivity index (χ2n) is 8.18. The van der Waals surface area contributed by atoms with Crippen LogP contribution in [0.5, 0.6) is 0 Å². The summed E-state index contributed by atoms with van der Waals surface area (Å²) in [6, 6.07) is 15.1. The maximum Gasteiger partial charge on any atom is 0.255 e. The zero-order valence-electron chi connectivity index (χ0n) is 20.7. The zero-order valence-corrected chi connectivity index (χ0v) is 20.7. The predicted octanol–water partition coefficient (Wildman–Crippen LogP) is 3.01. The highest BCUT2D eigenvalue weighted by molar-refractivity contribution is 6.08. The number of hydrogen-bond acceptors (Lipinski definition) is 6. The Kier molecular flexibility index (Phi) is 8.75. The first-order chi connectivity index (χ1) is 17.3. The van der Waals surface area contributed by atoms with E-state index in [1.165, 1.54) is 23.2 Å². The molecule has 1 heterocycles. The number of carbonyl (C=O) groups is 3. The average Bonchev–Trinajstić information content (AvgIpc) is 2.89. The van der Waals surface area contributed by atoms with Crippen molar-refractivity contribution in [3.05, 3.63) is 77.5 Å². The number of aromatic nitrogens is 1. The fraction of sp³-hybridized carbons (Fsp3) is 0.259. The van der Waals surface area contributed by atoms with E-state index in [0.717, 1.165) is 18.8 Å². The maximum absolute atomic E-state index is 13.2. The van der Waals surface area contributed by atoms with Gasteiger partial charge in [-0.1, -0.05) is 6.07 Å². The molecular formula is C27H31N5O4. The molecule has 9 nitrogen and oxygen atoms in total. The molecule has 0 atom stereocenters. The molecule has 3 aromatic rings. The Morgan fingerprint density at radius 2 is 1.69 bits per heavy atom. The second kappa shape index (κ2) is 11.9. The molecule has 0 aliphatic heterocycles. The van der Waals surface area contributed by atoms with Crippen LogP contribution in [0.4, 0.5) is 11.4 Å². The molecule has 4 N–H and O–H groups in total. The first kappa shape index (κ1) is 26.4. The first-order valence-electron chi connectivity index (χ1n) is 11.7. The molecule has 188 valence electrons. The van der Waals surface area contributed by atoms with Gasteiger partial charge in [0.05, 0.1) is 18.0 Å². The minimum atomic E-state index is -0.572.